The average Bonchev–Trinajstić information content (AvgIpc) is 2.74. The number of benzene rings is 2. The number of hydrogen-bond acceptors (Lipinski definition) is 5. The van der Waals surface area contributed by atoms with E-state index in [1.54, 1.807) is 47.4 Å². The lowest BCUT2D eigenvalue weighted by molar-refractivity contribution is -0.134. The molecule has 1 fully saturated rings. The second-order valence-electron chi connectivity index (χ2n) is 6.92. The Morgan fingerprint density at radius 2 is 1.70 bits per heavy atom. The predicted octanol–water partition coefficient (Wildman–Crippen LogP) is 1.90. The van der Waals surface area contributed by atoms with Crippen LogP contribution in [0, 0.1) is 0 Å². The summed E-state index contributed by atoms with van der Waals surface area (Å²) < 4.78 is 0. The molecule has 164 valence electrons. The maximum absolute atomic E-state index is 13.2. The first-order valence-electron chi connectivity index (χ1n) is 9.41. The molecule has 0 spiro atoms. The van der Waals surface area contributed by atoms with Gasteiger partial charge in [-0.1, -0.05) is 30.3 Å². The Morgan fingerprint density at radius 1 is 1.07 bits per heavy atom. The van der Waals surface area contributed by atoms with Crippen LogP contribution in [-0.2, 0) is 11.3 Å². The second kappa shape index (κ2) is 11.9. The van der Waals surface area contributed by atoms with Crippen LogP contribution < -0.4 is 16.4 Å². The summed E-state index contributed by atoms with van der Waals surface area (Å²) in [6.07, 6.45) is -0.554. The number of hydrogen-bond donors (Lipinski definition) is 3. The number of carbonyl (C=O) groups excluding carboxylic acids is 2. The average molecular weight is 455 g/mol. The molecule has 0 aliphatic carbocycles. The van der Waals surface area contributed by atoms with Crippen LogP contribution in [-0.4, -0.2) is 47.2 Å². The van der Waals surface area contributed by atoms with Gasteiger partial charge < -0.3 is 21.5 Å². The van der Waals surface area contributed by atoms with Crippen molar-refractivity contribution in [3.63, 3.8) is 0 Å². The first-order valence-corrected chi connectivity index (χ1v) is 9.41. The summed E-state index contributed by atoms with van der Waals surface area (Å²) in [5, 5.41) is 9.68. The van der Waals surface area contributed by atoms with Crippen LogP contribution in [0.3, 0.4) is 0 Å². The lowest BCUT2D eigenvalue weighted by Crippen LogP contribution is -2.57. The van der Waals surface area contributed by atoms with Crippen molar-refractivity contribution in [2.24, 2.45) is 11.5 Å². The maximum atomic E-state index is 13.2. The topological polar surface area (TPSA) is 113 Å². The Morgan fingerprint density at radius 3 is 2.30 bits per heavy atom. The maximum Gasteiger partial charge on any atom is 0.260 e. The predicted molar refractivity (Wildman–Crippen MR) is 122 cm³/mol. The highest BCUT2D eigenvalue weighted by Crippen LogP contribution is 2.22. The van der Waals surface area contributed by atoms with Crippen molar-refractivity contribution >= 4 is 42.3 Å². The van der Waals surface area contributed by atoms with Crippen molar-refractivity contribution in [3.05, 3.63) is 65.7 Å². The second-order valence-corrected chi connectivity index (χ2v) is 6.92. The molecule has 0 unspecified atom stereocenters. The molecule has 2 aromatic rings. The van der Waals surface area contributed by atoms with Gasteiger partial charge in [0, 0.05) is 30.9 Å². The number of nitrogens with two attached hydrogens (primary N) is 2. The Balaban J connectivity index is 0.00000225. The summed E-state index contributed by atoms with van der Waals surface area (Å²) >= 11 is 0. The molecule has 0 bridgehead atoms. The molecule has 0 aromatic heterocycles. The third kappa shape index (κ3) is 5.93. The van der Waals surface area contributed by atoms with Gasteiger partial charge in [-0.05, 0) is 42.7 Å². The molecule has 30 heavy (non-hydrogen) atoms. The summed E-state index contributed by atoms with van der Waals surface area (Å²) in [4.78, 5) is 29.2. The Hall–Kier alpha value is -2.16. The SMILES string of the molecule is Cl.Cl.NCc1cccc(N(C(=O)c2ccccc2)[C@@H](N)C(=O)N2CCC(O)CC2)c1. The number of halogens is 2. The molecule has 1 aliphatic heterocycles. The van der Waals surface area contributed by atoms with E-state index < -0.39 is 12.3 Å². The quantitative estimate of drug-likeness (QED) is 0.597. The molecule has 0 saturated carbocycles. The number of aliphatic hydroxyl groups is 1. The number of piperidine rings is 1. The van der Waals surface area contributed by atoms with E-state index >= 15 is 0 Å². The van der Waals surface area contributed by atoms with Gasteiger partial charge in [-0.2, -0.15) is 0 Å². The normalized spacial score (nSPS) is 14.8. The smallest absolute Gasteiger partial charge is 0.260 e. The lowest BCUT2D eigenvalue weighted by atomic mass is 10.1. The molecule has 2 aromatic carbocycles. The molecule has 1 saturated heterocycles. The van der Waals surface area contributed by atoms with Gasteiger partial charge in [0.1, 0.15) is 0 Å². The highest BCUT2D eigenvalue weighted by Gasteiger charge is 2.33. The van der Waals surface area contributed by atoms with Gasteiger partial charge in [-0.15, -0.1) is 24.8 Å². The van der Waals surface area contributed by atoms with Crippen LogP contribution in [0.2, 0.25) is 0 Å². The number of aliphatic hydroxyl groups excluding tert-OH is 1. The van der Waals surface area contributed by atoms with Crippen LogP contribution in [0.25, 0.3) is 0 Å². The minimum absolute atomic E-state index is 0. The fraction of sp³-hybridized carbons (Fsp3) is 0.333. The number of carbonyl (C=O) groups is 2. The van der Waals surface area contributed by atoms with Crippen molar-refractivity contribution in [2.45, 2.75) is 31.7 Å². The van der Waals surface area contributed by atoms with Crippen LogP contribution in [0.15, 0.2) is 54.6 Å². The summed E-state index contributed by atoms with van der Waals surface area (Å²) in [6, 6.07) is 15.9. The Bertz CT molecular complexity index is 830. The third-order valence-electron chi connectivity index (χ3n) is 4.97. The summed E-state index contributed by atoms with van der Waals surface area (Å²) in [6.45, 7) is 1.15. The van der Waals surface area contributed by atoms with Crippen LogP contribution in [0.5, 0.6) is 0 Å². The van der Waals surface area contributed by atoms with Gasteiger partial charge in [0.15, 0.2) is 6.17 Å². The van der Waals surface area contributed by atoms with Gasteiger partial charge in [0.05, 0.1) is 6.10 Å². The molecule has 7 nitrogen and oxygen atoms in total. The first kappa shape index (κ1) is 25.9. The molecule has 1 atom stereocenters. The van der Waals surface area contributed by atoms with Crippen molar-refractivity contribution in [1.29, 1.82) is 0 Å². The van der Waals surface area contributed by atoms with Gasteiger partial charge in [0.25, 0.3) is 11.8 Å². The highest BCUT2D eigenvalue weighted by atomic mass is 35.5. The molecule has 1 aliphatic rings. The van der Waals surface area contributed by atoms with Gasteiger partial charge >= 0.3 is 0 Å². The number of rotatable bonds is 5. The van der Waals surface area contributed by atoms with Crippen LogP contribution in [0.1, 0.15) is 28.8 Å². The van der Waals surface area contributed by atoms with E-state index in [0.29, 0.717) is 43.7 Å². The molecule has 1 heterocycles. The van der Waals surface area contributed by atoms with Gasteiger partial charge in [0.2, 0.25) is 0 Å². The molecule has 2 amide bonds. The molecule has 9 heteroatoms. The fourth-order valence-corrected chi connectivity index (χ4v) is 3.34. The molecule has 0 radical (unpaired) electrons. The summed E-state index contributed by atoms with van der Waals surface area (Å²) in [5.41, 5.74) is 13.8. The zero-order chi connectivity index (χ0) is 20.1. The van der Waals surface area contributed by atoms with E-state index in [-0.39, 0.29) is 36.6 Å². The highest BCUT2D eigenvalue weighted by molar-refractivity contribution is 6.09. The molecule has 5 N–H and O–H groups in total. The largest absolute Gasteiger partial charge is 0.393 e. The van der Waals surface area contributed by atoms with E-state index in [1.165, 1.54) is 4.90 Å². The van der Waals surface area contributed by atoms with E-state index in [1.807, 2.05) is 12.1 Å². The minimum Gasteiger partial charge on any atom is -0.393 e. The molecular formula is C21H28Cl2N4O3. The monoisotopic (exact) mass is 454 g/mol. The number of anilines is 1. The molecular weight excluding hydrogens is 427 g/mol. The molecule has 3 rings (SSSR count). The van der Waals surface area contributed by atoms with E-state index in [2.05, 4.69) is 0 Å². The zero-order valence-corrected chi connectivity index (χ0v) is 18.1. The van der Waals surface area contributed by atoms with Crippen LogP contribution in [0.4, 0.5) is 5.69 Å². The van der Waals surface area contributed by atoms with Crippen molar-refractivity contribution in [1.82, 2.24) is 4.90 Å². The number of likely N-dealkylation sites (tertiary alicyclic amines) is 1. The van der Waals surface area contributed by atoms with Crippen molar-refractivity contribution in [2.75, 3.05) is 18.0 Å². The number of amides is 2. The standard InChI is InChI=1S/C21H26N4O3.2ClH/c22-14-15-5-4-8-17(13-15)25(20(27)16-6-2-1-3-7-16)19(23)21(28)24-11-9-18(26)10-12-24;;/h1-8,13,18-19,26H,9-12,14,22-23H2;2*1H/t19-;;/m1../s1. The Labute approximate surface area is 188 Å². The first-order chi connectivity index (χ1) is 13.5. The third-order valence-corrected chi connectivity index (χ3v) is 4.97. The van der Waals surface area contributed by atoms with Crippen molar-refractivity contribution in [3.8, 4) is 0 Å². The zero-order valence-electron chi connectivity index (χ0n) is 16.5. The summed E-state index contributed by atoms with van der Waals surface area (Å²) in [7, 11) is 0. The van der Waals surface area contributed by atoms with E-state index in [4.69, 9.17) is 11.5 Å². The summed E-state index contributed by atoms with van der Waals surface area (Å²) in [5.74, 6) is -0.693. The minimum atomic E-state index is -1.17. The van der Waals surface area contributed by atoms with E-state index in [9.17, 15) is 14.7 Å². The lowest BCUT2D eigenvalue weighted by Gasteiger charge is -2.35. The van der Waals surface area contributed by atoms with Crippen molar-refractivity contribution < 1.29 is 14.7 Å². The fourth-order valence-electron chi connectivity index (χ4n) is 3.34. The number of nitrogens with zero attached hydrogens (tertiary/aromatic N) is 2. The van der Waals surface area contributed by atoms with E-state index in [0.717, 1.165) is 5.56 Å². The van der Waals surface area contributed by atoms with Gasteiger partial charge in [-0.25, -0.2) is 0 Å². The van der Waals surface area contributed by atoms with Gasteiger partial charge in [-0.3, -0.25) is 14.5 Å². The Kier molecular flexibility index (Phi) is 10.2. The van der Waals surface area contributed by atoms with Crippen LogP contribution >= 0.6 is 24.8 Å².